The fourth-order valence-electron chi connectivity index (χ4n) is 1.42. The van der Waals surface area contributed by atoms with E-state index in [9.17, 15) is 4.79 Å². The third kappa shape index (κ3) is 3.23. The molecule has 0 saturated heterocycles. The van der Waals surface area contributed by atoms with E-state index in [1.54, 1.807) is 18.3 Å². The molecule has 0 bridgehead atoms. The zero-order valence-corrected chi connectivity index (χ0v) is 9.16. The lowest BCUT2D eigenvalue weighted by Gasteiger charge is -2.13. The summed E-state index contributed by atoms with van der Waals surface area (Å²) < 4.78 is 0. The van der Waals surface area contributed by atoms with Crippen LogP contribution in [0.25, 0.3) is 0 Å². The molecule has 0 aliphatic carbocycles. The standard InChI is InChI=1S/C11H17N3O/c1-3-5-8(2)14-11(15)9-6-4-7-13-10(9)12/h4,6-8H,3,5H2,1-2H3,(H2,12,13)(H,14,15). The Bertz CT molecular complexity index is 338. The number of anilines is 1. The van der Waals surface area contributed by atoms with Gasteiger partial charge in [-0.1, -0.05) is 13.3 Å². The SMILES string of the molecule is CCCC(C)NC(=O)c1cccnc1N. The molecule has 0 aliphatic rings. The first kappa shape index (κ1) is 11.5. The molecule has 0 saturated carbocycles. The number of nitrogens with zero attached hydrogens (tertiary/aromatic N) is 1. The minimum atomic E-state index is -0.151. The molecule has 3 N–H and O–H groups in total. The smallest absolute Gasteiger partial charge is 0.255 e. The average molecular weight is 207 g/mol. The van der Waals surface area contributed by atoms with Gasteiger partial charge in [0.1, 0.15) is 5.82 Å². The maximum Gasteiger partial charge on any atom is 0.255 e. The number of carbonyl (C=O) groups excluding carboxylic acids is 1. The molecule has 1 aromatic heterocycles. The fraction of sp³-hybridized carbons (Fsp3) is 0.455. The third-order valence-corrected chi connectivity index (χ3v) is 2.18. The molecule has 82 valence electrons. The van der Waals surface area contributed by atoms with Crippen molar-refractivity contribution < 1.29 is 4.79 Å². The quantitative estimate of drug-likeness (QED) is 0.787. The number of aromatic nitrogens is 1. The maximum absolute atomic E-state index is 11.7. The van der Waals surface area contributed by atoms with E-state index in [-0.39, 0.29) is 17.8 Å². The molecule has 0 radical (unpaired) electrons. The van der Waals surface area contributed by atoms with Crippen LogP contribution in [0, 0.1) is 0 Å². The third-order valence-electron chi connectivity index (χ3n) is 2.18. The first-order valence-corrected chi connectivity index (χ1v) is 5.16. The van der Waals surface area contributed by atoms with E-state index >= 15 is 0 Å². The van der Waals surface area contributed by atoms with Gasteiger partial charge in [0.2, 0.25) is 0 Å². The lowest BCUT2D eigenvalue weighted by molar-refractivity contribution is 0.0939. The highest BCUT2D eigenvalue weighted by Crippen LogP contribution is 2.07. The molecule has 0 aromatic carbocycles. The number of hydrogen-bond donors (Lipinski definition) is 2. The van der Waals surface area contributed by atoms with Gasteiger partial charge in [-0.2, -0.15) is 0 Å². The molecule has 1 atom stereocenters. The van der Waals surface area contributed by atoms with E-state index in [0.29, 0.717) is 5.56 Å². The van der Waals surface area contributed by atoms with Gasteiger partial charge in [0.25, 0.3) is 5.91 Å². The Morgan fingerprint density at radius 1 is 1.67 bits per heavy atom. The number of carbonyl (C=O) groups is 1. The Kier molecular flexibility index (Phi) is 4.09. The Labute approximate surface area is 89.9 Å². The van der Waals surface area contributed by atoms with Crippen molar-refractivity contribution in [1.82, 2.24) is 10.3 Å². The molecular formula is C11H17N3O. The van der Waals surface area contributed by atoms with E-state index in [2.05, 4.69) is 17.2 Å². The summed E-state index contributed by atoms with van der Waals surface area (Å²) in [4.78, 5) is 15.6. The normalized spacial score (nSPS) is 12.1. The minimum absolute atomic E-state index is 0.151. The average Bonchev–Trinajstić information content (AvgIpc) is 2.18. The number of amides is 1. The van der Waals surface area contributed by atoms with Crippen molar-refractivity contribution >= 4 is 11.7 Å². The Hall–Kier alpha value is -1.58. The van der Waals surface area contributed by atoms with Crippen LogP contribution in [0.15, 0.2) is 18.3 Å². The lowest BCUT2D eigenvalue weighted by Crippen LogP contribution is -2.32. The maximum atomic E-state index is 11.7. The second-order valence-electron chi connectivity index (χ2n) is 3.60. The minimum Gasteiger partial charge on any atom is -0.383 e. The number of nitrogen functional groups attached to an aromatic ring is 1. The Balaban J connectivity index is 2.65. The summed E-state index contributed by atoms with van der Waals surface area (Å²) in [5.74, 6) is 0.125. The van der Waals surface area contributed by atoms with Crippen molar-refractivity contribution in [2.45, 2.75) is 32.7 Å². The summed E-state index contributed by atoms with van der Waals surface area (Å²) in [7, 11) is 0. The van der Waals surface area contributed by atoms with Crippen LogP contribution >= 0.6 is 0 Å². The van der Waals surface area contributed by atoms with Gasteiger partial charge in [-0.3, -0.25) is 4.79 Å². The van der Waals surface area contributed by atoms with Crippen LogP contribution in [0.2, 0.25) is 0 Å². The molecule has 1 heterocycles. The van der Waals surface area contributed by atoms with E-state index in [1.165, 1.54) is 0 Å². The van der Waals surface area contributed by atoms with Crippen molar-refractivity contribution in [2.75, 3.05) is 5.73 Å². The van der Waals surface area contributed by atoms with Crippen LogP contribution in [-0.4, -0.2) is 16.9 Å². The number of nitrogens with two attached hydrogens (primary N) is 1. The van der Waals surface area contributed by atoms with Gasteiger partial charge >= 0.3 is 0 Å². The largest absolute Gasteiger partial charge is 0.383 e. The van der Waals surface area contributed by atoms with E-state index in [4.69, 9.17) is 5.73 Å². The van der Waals surface area contributed by atoms with Crippen LogP contribution in [0.4, 0.5) is 5.82 Å². The van der Waals surface area contributed by atoms with Gasteiger partial charge in [0, 0.05) is 12.2 Å². The topological polar surface area (TPSA) is 68.0 Å². The van der Waals surface area contributed by atoms with Gasteiger partial charge in [0.05, 0.1) is 5.56 Å². The molecule has 4 heteroatoms. The van der Waals surface area contributed by atoms with E-state index < -0.39 is 0 Å². The summed E-state index contributed by atoms with van der Waals surface area (Å²) in [5.41, 5.74) is 6.04. The van der Waals surface area contributed by atoms with Crippen molar-refractivity contribution in [3.05, 3.63) is 23.9 Å². The van der Waals surface area contributed by atoms with Crippen molar-refractivity contribution in [3.63, 3.8) is 0 Å². The van der Waals surface area contributed by atoms with Crippen molar-refractivity contribution in [1.29, 1.82) is 0 Å². The lowest BCUT2D eigenvalue weighted by atomic mass is 10.1. The summed E-state index contributed by atoms with van der Waals surface area (Å²) in [5, 5.41) is 2.88. The first-order valence-electron chi connectivity index (χ1n) is 5.16. The molecule has 1 aromatic rings. The highest BCUT2D eigenvalue weighted by Gasteiger charge is 2.11. The van der Waals surface area contributed by atoms with E-state index in [1.807, 2.05) is 6.92 Å². The summed E-state index contributed by atoms with van der Waals surface area (Å²) >= 11 is 0. The van der Waals surface area contributed by atoms with Gasteiger partial charge in [-0.05, 0) is 25.5 Å². The van der Waals surface area contributed by atoms with Crippen LogP contribution in [0.5, 0.6) is 0 Å². The first-order chi connectivity index (χ1) is 7.15. The summed E-state index contributed by atoms with van der Waals surface area (Å²) in [6.45, 7) is 4.06. The summed E-state index contributed by atoms with van der Waals surface area (Å²) in [6, 6.07) is 3.55. The molecule has 0 aliphatic heterocycles. The van der Waals surface area contributed by atoms with Gasteiger partial charge in [-0.15, -0.1) is 0 Å². The Morgan fingerprint density at radius 2 is 2.40 bits per heavy atom. The molecule has 1 unspecified atom stereocenters. The molecule has 1 rings (SSSR count). The molecule has 0 spiro atoms. The van der Waals surface area contributed by atoms with E-state index in [0.717, 1.165) is 12.8 Å². The molecular weight excluding hydrogens is 190 g/mol. The number of hydrogen-bond acceptors (Lipinski definition) is 3. The zero-order valence-electron chi connectivity index (χ0n) is 9.16. The van der Waals surface area contributed by atoms with Crippen LogP contribution < -0.4 is 11.1 Å². The second kappa shape index (κ2) is 5.34. The molecule has 4 nitrogen and oxygen atoms in total. The highest BCUT2D eigenvalue weighted by atomic mass is 16.1. The number of nitrogens with one attached hydrogen (secondary N) is 1. The molecule has 15 heavy (non-hydrogen) atoms. The fourth-order valence-corrected chi connectivity index (χ4v) is 1.42. The van der Waals surface area contributed by atoms with Gasteiger partial charge in [-0.25, -0.2) is 4.98 Å². The monoisotopic (exact) mass is 207 g/mol. The van der Waals surface area contributed by atoms with Crippen LogP contribution in [0.3, 0.4) is 0 Å². The molecule has 1 amide bonds. The Morgan fingerprint density at radius 3 is 3.00 bits per heavy atom. The second-order valence-corrected chi connectivity index (χ2v) is 3.60. The van der Waals surface area contributed by atoms with Gasteiger partial charge < -0.3 is 11.1 Å². The van der Waals surface area contributed by atoms with Gasteiger partial charge in [0.15, 0.2) is 0 Å². The van der Waals surface area contributed by atoms with Crippen LogP contribution in [-0.2, 0) is 0 Å². The predicted molar refractivity (Wildman–Crippen MR) is 60.5 cm³/mol. The van der Waals surface area contributed by atoms with Crippen molar-refractivity contribution in [3.8, 4) is 0 Å². The highest BCUT2D eigenvalue weighted by molar-refractivity contribution is 5.98. The molecule has 0 fully saturated rings. The zero-order chi connectivity index (χ0) is 11.3. The predicted octanol–water partition coefficient (Wildman–Crippen LogP) is 1.58. The summed E-state index contributed by atoms with van der Waals surface area (Å²) in [6.07, 6.45) is 3.58. The van der Waals surface area contributed by atoms with Crippen molar-refractivity contribution in [2.24, 2.45) is 0 Å². The number of rotatable bonds is 4. The van der Waals surface area contributed by atoms with Crippen LogP contribution in [0.1, 0.15) is 37.0 Å². The number of pyridine rings is 1.